The molecule has 1 amide bonds. The van der Waals surface area contributed by atoms with Gasteiger partial charge in [-0.05, 0) is 28.1 Å². The van der Waals surface area contributed by atoms with Gasteiger partial charge in [-0.25, -0.2) is 9.37 Å². The van der Waals surface area contributed by atoms with Crippen LogP contribution in [0.5, 0.6) is 0 Å². The van der Waals surface area contributed by atoms with E-state index in [1.807, 2.05) is 17.8 Å². The molecule has 4 nitrogen and oxygen atoms in total. The van der Waals surface area contributed by atoms with Crippen LogP contribution < -0.4 is 0 Å². The van der Waals surface area contributed by atoms with E-state index in [4.69, 9.17) is 0 Å². The number of carbonyl (C=O) groups excluding carboxylic acids is 1. The van der Waals surface area contributed by atoms with Gasteiger partial charge in [0, 0.05) is 26.5 Å². The van der Waals surface area contributed by atoms with Gasteiger partial charge in [-0.2, -0.15) is 0 Å². The number of aryl methyl sites for hydroxylation is 1. The monoisotopic (exact) mass is 325 g/mol. The first-order valence-corrected chi connectivity index (χ1v) is 6.45. The first-order chi connectivity index (χ1) is 9.00. The molecule has 0 aliphatic rings. The van der Waals surface area contributed by atoms with Crippen LogP contribution in [0.2, 0.25) is 0 Å². The summed E-state index contributed by atoms with van der Waals surface area (Å²) >= 11 is 3.10. The van der Waals surface area contributed by atoms with Crippen molar-refractivity contribution in [1.82, 2.24) is 14.5 Å². The molecule has 0 aliphatic carbocycles. The number of aromatic nitrogens is 2. The average Bonchev–Trinajstić information content (AvgIpc) is 2.77. The van der Waals surface area contributed by atoms with Crippen LogP contribution in [0.25, 0.3) is 0 Å². The number of imidazole rings is 1. The van der Waals surface area contributed by atoms with Gasteiger partial charge in [0.2, 0.25) is 0 Å². The zero-order valence-electron chi connectivity index (χ0n) is 10.6. The highest BCUT2D eigenvalue weighted by Gasteiger charge is 2.18. The van der Waals surface area contributed by atoms with Crippen LogP contribution in [-0.4, -0.2) is 27.4 Å². The number of hydrogen-bond donors (Lipinski definition) is 0. The molecular weight excluding hydrogens is 313 g/mol. The van der Waals surface area contributed by atoms with E-state index < -0.39 is 5.82 Å². The summed E-state index contributed by atoms with van der Waals surface area (Å²) < 4.78 is 15.4. The zero-order valence-corrected chi connectivity index (χ0v) is 12.2. The summed E-state index contributed by atoms with van der Waals surface area (Å²) in [4.78, 5) is 17.9. The molecule has 100 valence electrons. The Morgan fingerprint density at radius 1 is 1.53 bits per heavy atom. The van der Waals surface area contributed by atoms with Gasteiger partial charge in [0.25, 0.3) is 5.91 Å². The third-order valence-electron chi connectivity index (χ3n) is 2.83. The third kappa shape index (κ3) is 2.84. The highest BCUT2D eigenvalue weighted by Crippen LogP contribution is 2.21. The van der Waals surface area contributed by atoms with Crippen LogP contribution in [0.1, 0.15) is 16.2 Å². The second kappa shape index (κ2) is 5.52. The van der Waals surface area contributed by atoms with Crippen LogP contribution >= 0.6 is 15.9 Å². The minimum atomic E-state index is -0.448. The summed E-state index contributed by atoms with van der Waals surface area (Å²) in [6.07, 6.45) is 3.48. The number of benzene rings is 1. The molecule has 0 radical (unpaired) electrons. The molecule has 0 atom stereocenters. The summed E-state index contributed by atoms with van der Waals surface area (Å²) in [5, 5.41) is 0. The SMILES string of the molecule is CN(Cc1nccn1C)C(=O)c1cccc(F)c1Br. The van der Waals surface area contributed by atoms with Crippen LogP contribution in [0.4, 0.5) is 4.39 Å². The first kappa shape index (κ1) is 13.7. The number of nitrogens with zero attached hydrogens (tertiary/aromatic N) is 3. The predicted octanol–water partition coefficient (Wildman–Crippen LogP) is 2.59. The van der Waals surface area contributed by atoms with Crippen molar-refractivity contribution in [2.24, 2.45) is 7.05 Å². The van der Waals surface area contributed by atoms with Crippen LogP contribution in [0.3, 0.4) is 0 Å². The maximum atomic E-state index is 13.4. The van der Waals surface area contributed by atoms with Gasteiger partial charge >= 0.3 is 0 Å². The van der Waals surface area contributed by atoms with Crippen molar-refractivity contribution in [3.05, 3.63) is 52.3 Å². The fourth-order valence-electron chi connectivity index (χ4n) is 1.71. The minimum absolute atomic E-state index is 0.187. The van der Waals surface area contributed by atoms with E-state index in [1.54, 1.807) is 19.3 Å². The average molecular weight is 326 g/mol. The predicted molar refractivity (Wildman–Crippen MR) is 73.1 cm³/mol. The molecule has 0 saturated heterocycles. The van der Waals surface area contributed by atoms with Gasteiger partial charge in [0.05, 0.1) is 16.6 Å². The standard InChI is InChI=1S/C13H13BrFN3O/c1-17-7-6-16-11(17)8-18(2)13(19)9-4-3-5-10(15)12(9)14/h3-7H,8H2,1-2H3. The van der Waals surface area contributed by atoms with Crippen LogP contribution in [-0.2, 0) is 13.6 Å². The second-order valence-corrected chi connectivity index (χ2v) is 5.01. The molecule has 1 heterocycles. The van der Waals surface area contributed by atoms with Crippen molar-refractivity contribution < 1.29 is 9.18 Å². The molecule has 19 heavy (non-hydrogen) atoms. The summed E-state index contributed by atoms with van der Waals surface area (Å²) in [7, 11) is 3.52. The number of hydrogen-bond acceptors (Lipinski definition) is 2. The molecule has 0 saturated carbocycles. The largest absolute Gasteiger partial charge is 0.337 e. The molecule has 0 unspecified atom stereocenters. The van der Waals surface area contributed by atoms with Gasteiger partial charge in [-0.3, -0.25) is 4.79 Å². The zero-order chi connectivity index (χ0) is 14.0. The first-order valence-electron chi connectivity index (χ1n) is 5.66. The van der Waals surface area contributed by atoms with Crippen LogP contribution in [0, 0.1) is 5.82 Å². The molecule has 6 heteroatoms. The summed E-state index contributed by atoms with van der Waals surface area (Å²) in [6, 6.07) is 4.41. The molecule has 2 aromatic rings. The Labute approximate surface area is 119 Å². The number of carbonyl (C=O) groups is 1. The van der Waals surface area contributed by atoms with Gasteiger partial charge in [0.15, 0.2) is 0 Å². The lowest BCUT2D eigenvalue weighted by Crippen LogP contribution is -2.28. The molecule has 0 bridgehead atoms. The van der Waals surface area contributed by atoms with Crippen molar-refractivity contribution >= 4 is 21.8 Å². The summed E-state index contributed by atoms with van der Waals surface area (Å²) in [5.74, 6) is 0.0639. The van der Waals surface area contributed by atoms with E-state index in [0.717, 1.165) is 5.82 Å². The summed E-state index contributed by atoms with van der Waals surface area (Å²) in [5.41, 5.74) is 0.303. The Hall–Kier alpha value is -1.69. The molecular formula is C13H13BrFN3O. The second-order valence-electron chi connectivity index (χ2n) is 4.22. The van der Waals surface area contributed by atoms with Crippen molar-refractivity contribution in [3.8, 4) is 0 Å². The molecule has 1 aromatic carbocycles. The molecule has 2 rings (SSSR count). The topological polar surface area (TPSA) is 38.1 Å². The maximum Gasteiger partial charge on any atom is 0.255 e. The summed E-state index contributed by atoms with van der Waals surface area (Å²) in [6.45, 7) is 0.366. The minimum Gasteiger partial charge on any atom is -0.337 e. The Balaban J connectivity index is 2.20. The number of rotatable bonds is 3. The van der Waals surface area contributed by atoms with E-state index in [1.165, 1.54) is 17.0 Å². The van der Waals surface area contributed by atoms with Crippen molar-refractivity contribution in [1.29, 1.82) is 0 Å². The van der Waals surface area contributed by atoms with Gasteiger partial charge < -0.3 is 9.47 Å². The van der Waals surface area contributed by atoms with E-state index in [9.17, 15) is 9.18 Å². The van der Waals surface area contributed by atoms with E-state index >= 15 is 0 Å². The van der Waals surface area contributed by atoms with Gasteiger partial charge in [-0.15, -0.1) is 0 Å². The Morgan fingerprint density at radius 2 is 2.26 bits per heavy atom. The van der Waals surface area contributed by atoms with Gasteiger partial charge in [-0.1, -0.05) is 6.07 Å². The van der Waals surface area contributed by atoms with E-state index in [2.05, 4.69) is 20.9 Å². The smallest absolute Gasteiger partial charge is 0.255 e. The lowest BCUT2D eigenvalue weighted by molar-refractivity contribution is 0.0779. The molecule has 0 fully saturated rings. The normalized spacial score (nSPS) is 10.5. The Bertz CT molecular complexity index is 612. The fourth-order valence-corrected chi connectivity index (χ4v) is 2.14. The highest BCUT2D eigenvalue weighted by molar-refractivity contribution is 9.10. The molecule has 1 aromatic heterocycles. The Kier molecular flexibility index (Phi) is 3.99. The number of amides is 1. The highest BCUT2D eigenvalue weighted by atomic mass is 79.9. The van der Waals surface area contributed by atoms with Gasteiger partial charge in [0.1, 0.15) is 11.6 Å². The Morgan fingerprint density at radius 3 is 2.89 bits per heavy atom. The van der Waals surface area contributed by atoms with Crippen molar-refractivity contribution in [2.45, 2.75) is 6.54 Å². The lowest BCUT2D eigenvalue weighted by atomic mass is 10.2. The van der Waals surface area contributed by atoms with Crippen molar-refractivity contribution in [2.75, 3.05) is 7.05 Å². The van der Waals surface area contributed by atoms with Crippen molar-refractivity contribution in [3.63, 3.8) is 0 Å². The lowest BCUT2D eigenvalue weighted by Gasteiger charge is -2.17. The van der Waals surface area contributed by atoms with E-state index in [0.29, 0.717) is 12.1 Å². The van der Waals surface area contributed by atoms with Crippen LogP contribution in [0.15, 0.2) is 35.1 Å². The molecule has 0 N–H and O–H groups in total. The molecule has 0 aliphatic heterocycles. The number of halogens is 2. The fraction of sp³-hybridized carbons (Fsp3) is 0.231. The molecule has 0 spiro atoms. The third-order valence-corrected chi connectivity index (χ3v) is 3.63. The quantitative estimate of drug-likeness (QED) is 0.870. The van der Waals surface area contributed by atoms with E-state index in [-0.39, 0.29) is 10.4 Å². The maximum absolute atomic E-state index is 13.4.